The summed E-state index contributed by atoms with van der Waals surface area (Å²) in [7, 11) is 0. The second kappa shape index (κ2) is 3.40. The molecule has 0 spiro atoms. The molecule has 0 radical (unpaired) electrons. The van der Waals surface area contributed by atoms with Crippen LogP contribution in [0.15, 0.2) is 30.4 Å². The van der Waals surface area contributed by atoms with Crippen molar-refractivity contribution >= 4 is 0 Å². The summed E-state index contributed by atoms with van der Waals surface area (Å²) in [6, 6.07) is 6.58. The van der Waals surface area contributed by atoms with E-state index in [2.05, 4.69) is 52.5 Å². The molecule has 0 bridgehead atoms. The van der Waals surface area contributed by atoms with Crippen LogP contribution in [0.4, 0.5) is 0 Å². The summed E-state index contributed by atoms with van der Waals surface area (Å²) in [6.07, 6.45) is 2.38. The van der Waals surface area contributed by atoms with Crippen LogP contribution >= 0.6 is 0 Å². The molecule has 1 heteroatoms. The third-order valence-electron chi connectivity index (χ3n) is 5.34. The van der Waals surface area contributed by atoms with Crippen molar-refractivity contribution in [3.05, 3.63) is 41.5 Å². The molecular weight excluding hydrogens is 220 g/mol. The molecule has 1 fully saturated rings. The predicted octanol–water partition coefficient (Wildman–Crippen LogP) is 4.39. The minimum absolute atomic E-state index is 0.116. The Morgan fingerprint density at radius 1 is 1.39 bits per heavy atom. The van der Waals surface area contributed by atoms with Gasteiger partial charge in [-0.1, -0.05) is 36.8 Å². The first-order chi connectivity index (χ1) is 8.38. The van der Waals surface area contributed by atoms with Crippen molar-refractivity contribution in [2.24, 2.45) is 5.92 Å². The van der Waals surface area contributed by atoms with E-state index in [0.29, 0.717) is 5.92 Å². The fourth-order valence-corrected chi connectivity index (χ4v) is 4.04. The van der Waals surface area contributed by atoms with Gasteiger partial charge in [0.05, 0.1) is 0 Å². The Morgan fingerprint density at radius 3 is 2.78 bits per heavy atom. The summed E-state index contributed by atoms with van der Waals surface area (Å²) in [5.74, 6) is 1.55. The standard InChI is InChI=1S/C17H22O/c1-11(2)13-8-9-16(4)14-10-12(3)6-7-15(14)18-17(13,16)5/h6-7,10,13H,1,8-9H2,2-5H3/t13-,16-,17-/m0/s1. The summed E-state index contributed by atoms with van der Waals surface area (Å²) in [5.41, 5.74) is 3.99. The van der Waals surface area contributed by atoms with Crippen LogP contribution in [0.2, 0.25) is 0 Å². The van der Waals surface area contributed by atoms with E-state index in [1.54, 1.807) is 0 Å². The van der Waals surface area contributed by atoms with Crippen LogP contribution in [0.1, 0.15) is 44.7 Å². The van der Waals surface area contributed by atoms with Gasteiger partial charge in [0, 0.05) is 16.9 Å². The van der Waals surface area contributed by atoms with Gasteiger partial charge in [0.2, 0.25) is 0 Å². The smallest absolute Gasteiger partial charge is 0.124 e. The molecule has 1 saturated carbocycles. The van der Waals surface area contributed by atoms with Crippen LogP contribution in [0.3, 0.4) is 0 Å². The van der Waals surface area contributed by atoms with Gasteiger partial charge in [0.15, 0.2) is 0 Å². The first-order valence-corrected chi connectivity index (χ1v) is 6.84. The van der Waals surface area contributed by atoms with Crippen LogP contribution in [-0.4, -0.2) is 5.60 Å². The van der Waals surface area contributed by atoms with Gasteiger partial charge in [0.25, 0.3) is 0 Å². The molecule has 3 atom stereocenters. The molecule has 0 amide bonds. The third-order valence-corrected chi connectivity index (χ3v) is 5.34. The average Bonchev–Trinajstić information content (AvgIpc) is 2.66. The number of ether oxygens (including phenoxy) is 1. The van der Waals surface area contributed by atoms with Gasteiger partial charge in [-0.2, -0.15) is 0 Å². The maximum Gasteiger partial charge on any atom is 0.124 e. The number of hydrogen-bond acceptors (Lipinski definition) is 1. The first-order valence-electron chi connectivity index (χ1n) is 6.84. The molecule has 1 heterocycles. The van der Waals surface area contributed by atoms with Crippen molar-refractivity contribution in [1.82, 2.24) is 0 Å². The van der Waals surface area contributed by atoms with Crippen LogP contribution in [0.5, 0.6) is 5.75 Å². The Kier molecular flexibility index (Phi) is 2.24. The van der Waals surface area contributed by atoms with Gasteiger partial charge in [-0.05, 0) is 39.7 Å². The van der Waals surface area contributed by atoms with E-state index in [9.17, 15) is 0 Å². The summed E-state index contributed by atoms with van der Waals surface area (Å²) in [4.78, 5) is 0. The zero-order valence-electron chi connectivity index (χ0n) is 11.8. The van der Waals surface area contributed by atoms with Gasteiger partial charge in [0.1, 0.15) is 11.4 Å². The molecule has 1 nitrogen and oxygen atoms in total. The molecule has 3 rings (SSSR count). The normalized spacial score (nSPS) is 37.0. The maximum atomic E-state index is 6.39. The zero-order valence-corrected chi connectivity index (χ0v) is 11.8. The topological polar surface area (TPSA) is 9.23 Å². The largest absolute Gasteiger partial charge is 0.486 e. The van der Waals surface area contributed by atoms with E-state index >= 15 is 0 Å². The summed E-state index contributed by atoms with van der Waals surface area (Å²) in [5, 5.41) is 0. The molecule has 0 aromatic heterocycles. The quantitative estimate of drug-likeness (QED) is 0.664. The number of aryl methyl sites for hydroxylation is 1. The minimum Gasteiger partial charge on any atom is -0.486 e. The molecule has 2 aliphatic rings. The average molecular weight is 242 g/mol. The third kappa shape index (κ3) is 1.23. The van der Waals surface area contributed by atoms with Crippen LogP contribution in [0, 0.1) is 12.8 Å². The molecule has 1 aliphatic heterocycles. The van der Waals surface area contributed by atoms with Crippen molar-refractivity contribution in [1.29, 1.82) is 0 Å². The van der Waals surface area contributed by atoms with E-state index in [1.807, 2.05) is 0 Å². The first kappa shape index (κ1) is 11.8. The molecule has 1 aromatic carbocycles. The highest BCUT2D eigenvalue weighted by Gasteiger charge is 2.62. The van der Waals surface area contributed by atoms with Gasteiger partial charge >= 0.3 is 0 Å². The van der Waals surface area contributed by atoms with Gasteiger partial charge in [-0.3, -0.25) is 0 Å². The second-order valence-electron chi connectivity index (χ2n) is 6.48. The van der Waals surface area contributed by atoms with Crippen LogP contribution < -0.4 is 4.74 Å². The molecule has 1 aromatic rings. The van der Waals surface area contributed by atoms with Gasteiger partial charge < -0.3 is 4.74 Å². The summed E-state index contributed by atoms with van der Waals surface area (Å²) < 4.78 is 6.39. The molecule has 0 saturated heterocycles. The number of fused-ring (bicyclic) bond motifs is 3. The molecular formula is C17H22O. The van der Waals surface area contributed by atoms with E-state index < -0.39 is 0 Å². The monoisotopic (exact) mass is 242 g/mol. The molecule has 96 valence electrons. The minimum atomic E-state index is -0.116. The Morgan fingerprint density at radius 2 is 2.11 bits per heavy atom. The predicted molar refractivity (Wildman–Crippen MR) is 75.1 cm³/mol. The summed E-state index contributed by atoms with van der Waals surface area (Å²) >= 11 is 0. The lowest BCUT2D eigenvalue weighted by molar-refractivity contribution is 0.0368. The summed E-state index contributed by atoms with van der Waals surface area (Å²) in [6.45, 7) is 13.1. The maximum absolute atomic E-state index is 6.39. The van der Waals surface area contributed by atoms with Crippen molar-refractivity contribution in [2.45, 2.75) is 51.6 Å². The lowest BCUT2D eigenvalue weighted by Crippen LogP contribution is -2.47. The van der Waals surface area contributed by atoms with E-state index in [0.717, 1.165) is 5.75 Å². The van der Waals surface area contributed by atoms with Gasteiger partial charge in [-0.25, -0.2) is 0 Å². The van der Waals surface area contributed by atoms with Gasteiger partial charge in [-0.15, -0.1) is 0 Å². The highest BCUT2D eigenvalue weighted by Crippen LogP contribution is 2.61. The van der Waals surface area contributed by atoms with Crippen molar-refractivity contribution < 1.29 is 4.74 Å². The highest BCUT2D eigenvalue weighted by atomic mass is 16.5. The SMILES string of the molecule is C=C(C)[C@@H]1CC[C@@]2(C)c3cc(C)ccc3O[C@@]12C. The Bertz CT molecular complexity index is 530. The number of hydrogen-bond donors (Lipinski definition) is 0. The molecule has 0 unspecified atom stereocenters. The number of benzene rings is 1. The molecule has 18 heavy (non-hydrogen) atoms. The Labute approximate surface area is 110 Å². The Balaban J connectivity index is 2.16. The Hall–Kier alpha value is -1.24. The van der Waals surface area contributed by atoms with Crippen molar-refractivity contribution in [3.63, 3.8) is 0 Å². The fraction of sp³-hybridized carbons (Fsp3) is 0.529. The van der Waals surface area contributed by atoms with Crippen LogP contribution in [0.25, 0.3) is 0 Å². The van der Waals surface area contributed by atoms with E-state index in [4.69, 9.17) is 4.74 Å². The van der Waals surface area contributed by atoms with Crippen molar-refractivity contribution in [2.75, 3.05) is 0 Å². The van der Waals surface area contributed by atoms with Crippen molar-refractivity contribution in [3.8, 4) is 5.75 Å². The second-order valence-corrected chi connectivity index (χ2v) is 6.48. The lowest BCUT2D eigenvalue weighted by Gasteiger charge is -2.37. The zero-order chi connectivity index (χ0) is 13.1. The van der Waals surface area contributed by atoms with E-state index in [1.165, 1.54) is 29.5 Å². The lowest BCUT2D eigenvalue weighted by atomic mass is 9.70. The molecule has 1 aliphatic carbocycles. The number of rotatable bonds is 1. The molecule has 0 N–H and O–H groups in total. The van der Waals surface area contributed by atoms with Crippen LogP contribution in [-0.2, 0) is 5.41 Å². The highest BCUT2D eigenvalue weighted by molar-refractivity contribution is 5.51. The van der Waals surface area contributed by atoms with E-state index in [-0.39, 0.29) is 11.0 Å². The fourth-order valence-electron chi connectivity index (χ4n) is 4.04.